The first kappa shape index (κ1) is 17.0. The summed E-state index contributed by atoms with van der Waals surface area (Å²) in [5, 5.41) is 3.37. The lowest BCUT2D eigenvalue weighted by Crippen LogP contribution is -2.54. The van der Waals surface area contributed by atoms with Crippen molar-refractivity contribution in [2.24, 2.45) is 0 Å². The van der Waals surface area contributed by atoms with Crippen molar-refractivity contribution in [2.75, 3.05) is 24.7 Å². The van der Waals surface area contributed by atoms with Crippen LogP contribution in [0.15, 0.2) is 18.2 Å². The summed E-state index contributed by atoms with van der Waals surface area (Å²) < 4.78 is 0. The molecular formula is C19H27N3O2. The lowest BCUT2D eigenvalue weighted by atomic mass is 9.99. The van der Waals surface area contributed by atoms with Crippen LogP contribution in [0, 0.1) is 6.92 Å². The van der Waals surface area contributed by atoms with Crippen LogP contribution in [-0.4, -0.2) is 42.5 Å². The zero-order valence-electron chi connectivity index (χ0n) is 14.7. The van der Waals surface area contributed by atoms with Crippen molar-refractivity contribution in [3.63, 3.8) is 0 Å². The van der Waals surface area contributed by atoms with Crippen LogP contribution >= 0.6 is 0 Å². The number of benzene rings is 1. The Morgan fingerprint density at radius 3 is 2.96 bits per heavy atom. The van der Waals surface area contributed by atoms with Crippen LogP contribution in [0.25, 0.3) is 0 Å². The SMILES string of the molecule is CCCC1CC(=O)N(CC(=O)N2CCCc3cc(C)ccc32)CN1. The van der Waals surface area contributed by atoms with Gasteiger partial charge in [-0.05, 0) is 37.8 Å². The van der Waals surface area contributed by atoms with E-state index in [0.717, 1.165) is 37.9 Å². The smallest absolute Gasteiger partial charge is 0.246 e. The molecule has 130 valence electrons. The van der Waals surface area contributed by atoms with Gasteiger partial charge in [0, 0.05) is 24.7 Å². The summed E-state index contributed by atoms with van der Waals surface area (Å²) in [7, 11) is 0. The average molecular weight is 329 g/mol. The van der Waals surface area contributed by atoms with Crippen LogP contribution in [0.3, 0.4) is 0 Å². The molecule has 24 heavy (non-hydrogen) atoms. The summed E-state index contributed by atoms with van der Waals surface area (Å²) in [5.41, 5.74) is 3.47. The molecule has 1 aromatic rings. The van der Waals surface area contributed by atoms with Gasteiger partial charge in [-0.2, -0.15) is 0 Å². The molecule has 0 aromatic heterocycles. The van der Waals surface area contributed by atoms with Crippen LogP contribution in [0.2, 0.25) is 0 Å². The highest BCUT2D eigenvalue weighted by molar-refractivity contribution is 5.97. The Labute approximate surface area is 144 Å². The largest absolute Gasteiger partial charge is 0.321 e. The summed E-state index contributed by atoms with van der Waals surface area (Å²) in [6.07, 6.45) is 4.56. The van der Waals surface area contributed by atoms with E-state index in [1.165, 1.54) is 11.1 Å². The molecule has 0 spiro atoms. The maximum atomic E-state index is 12.8. The molecule has 5 heteroatoms. The Balaban J connectivity index is 1.65. The number of aryl methyl sites for hydroxylation is 2. The number of nitrogens with one attached hydrogen (secondary N) is 1. The molecule has 1 fully saturated rings. The zero-order valence-corrected chi connectivity index (χ0v) is 14.7. The van der Waals surface area contributed by atoms with Gasteiger partial charge in [-0.15, -0.1) is 0 Å². The van der Waals surface area contributed by atoms with E-state index in [9.17, 15) is 9.59 Å². The van der Waals surface area contributed by atoms with Gasteiger partial charge in [0.1, 0.15) is 6.54 Å². The Kier molecular flexibility index (Phi) is 5.19. The van der Waals surface area contributed by atoms with Crippen LogP contribution in [-0.2, 0) is 16.0 Å². The quantitative estimate of drug-likeness (QED) is 0.921. The number of anilines is 1. The predicted molar refractivity (Wildman–Crippen MR) is 94.9 cm³/mol. The van der Waals surface area contributed by atoms with Gasteiger partial charge in [0.2, 0.25) is 11.8 Å². The zero-order chi connectivity index (χ0) is 17.1. The van der Waals surface area contributed by atoms with Crippen LogP contribution in [0.4, 0.5) is 5.69 Å². The number of hydrogen-bond donors (Lipinski definition) is 1. The first-order chi connectivity index (χ1) is 11.6. The first-order valence-electron chi connectivity index (χ1n) is 8.99. The topological polar surface area (TPSA) is 52.7 Å². The van der Waals surface area contributed by atoms with Crippen molar-refractivity contribution in [2.45, 2.75) is 52.0 Å². The van der Waals surface area contributed by atoms with Crippen molar-refractivity contribution in [1.82, 2.24) is 10.2 Å². The minimum atomic E-state index is 0.0175. The molecule has 1 unspecified atom stereocenters. The predicted octanol–water partition coefficient (Wildman–Crippen LogP) is 2.22. The monoisotopic (exact) mass is 329 g/mol. The second-order valence-corrected chi connectivity index (χ2v) is 6.92. The molecule has 5 nitrogen and oxygen atoms in total. The van der Waals surface area contributed by atoms with Gasteiger partial charge in [0.05, 0.1) is 6.67 Å². The van der Waals surface area contributed by atoms with E-state index in [1.807, 2.05) is 17.0 Å². The fraction of sp³-hybridized carbons (Fsp3) is 0.579. The number of hydrogen-bond acceptors (Lipinski definition) is 3. The molecule has 0 aliphatic carbocycles. The van der Waals surface area contributed by atoms with Gasteiger partial charge in [-0.25, -0.2) is 0 Å². The average Bonchev–Trinajstić information content (AvgIpc) is 2.56. The molecule has 0 saturated carbocycles. The molecule has 0 radical (unpaired) electrons. The third kappa shape index (κ3) is 3.61. The Morgan fingerprint density at radius 1 is 1.38 bits per heavy atom. The van der Waals surface area contributed by atoms with Gasteiger partial charge >= 0.3 is 0 Å². The van der Waals surface area contributed by atoms with Gasteiger partial charge in [0.15, 0.2) is 0 Å². The molecule has 1 saturated heterocycles. The number of rotatable bonds is 4. The number of nitrogens with zero attached hydrogens (tertiary/aromatic N) is 2. The number of amides is 2. The Bertz CT molecular complexity index is 629. The van der Waals surface area contributed by atoms with Crippen molar-refractivity contribution in [3.05, 3.63) is 29.3 Å². The highest BCUT2D eigenvalue weighted by atomic mass is 16.2. The fourth-order valence-corrected chi connectivity index (χ4v) is 3.67. The number of carbonyl (C=O) groups is 2. The van der Waals surface area contributed by atoms with Crippen molar-refractivity contribution < 1.29 is 9.59 Å². The highest BCUT2D eigenvalue weighted by Gasteiger charge is 2.29. The summed E-state index contributed by atoms with van der Waals surface area (Å²) in [5.74, 6) is 0.102. The summed E-state index contributed by atoms with van der Waals surface area (Å²) in [4.78, 5) is 28.6. The molecule has 1 N–H and O–H groups in total. The second-order valence-electron chi connectivity index (χ2n) is 6.92. The van der Waals surface area contributed by atoms with E-state index in [4.69, 9.17) is 0 Å². The molecule has 2 aliphatic rings. The van der Waals surface area contributed by atoms with E-state index < -0.39 is 0 Å². The van der Waals surface area contributed by atoms with E-state index in [-0.39, 0.29) is 24.4 Å². The summed E-state index contributed by atoms with van der Waals surface area (Å²) in [6.45, 7) is 5.58. The normalized spacial score (nSPS) is 20.9. The standard InChI is InChI=1S/C19H27N3O2/c1-3-5-16-11-18(23)21(13-20-16)12-19(24)22-9-4-6-15-10-14(2)7-8-17(15)22/h7-8,10,16,20H,3-6,9,11-13H2,1-2H3. The molecule has 2 amide bonds. The molecule has 1 atom stereocenters. The van der Waals surface area contributed by atoms with Crippen LogP contribution in [0.1, 0.15) is 43.7 Å². The minimum absolute atomic E-state index is 0.0175. The van der Waals surface area contributed by atoms with Crippen molar-refractivity contribution in [1.29, 1.82) is 0 Å². The maximum Gasteiger partial charge on any atom is 0.246 e. The summed E-state index contributed by atoms with van der Waals surface area (Å²) in [6, 6.07) is 6.51. The van der Waals surface area contributed by atoms with E-state index in [2.05, 4.69) is 25.2 Å². The molecule has 2 heterocycles. The van der Waals surface area contributed by atoms with Gasteiger partial charge in [-0.1, -0.05) is 31.0 Å². The van der Waals surface area contributed by atoms with Crippen molar-refractivity contribution in [3.8, 4) is 0 Å². The number of fused-ring (bicyclic) bond motifs is 1. The number of carbonyl (C=O) groups excluding carboxylic acids is 2. The van der Waals surface area contributed by atoms with Gasteiger partial charge < -0.3 is 9.80 Å². The van der Waals surface area contributed by atoms with E-state index in [1.54, 1.807) is 4.90 Å². The molecular weight excluding hydrogens is 302 g/mol. The molecule has 1 aromatic carbocycles. The lowest BCUT2D eigenvalue weighted by Gasteiger charge is -2.35. The Hall–Kier alpha value is -1.88. The van der Waals surface area contributed by atoms with Crippen LogP contribution in [0.5, 0.6) is 0 Å². The summed E-state index contributed by atoms with van der Waals surface area (Å²) >= 11 is 0. The maximum absolute atomic E-state index is 12.8. The van der Waals surface area contributed by atoms with Crippen molar-refractivity contribution >= 4 is 17.5 Å². The van der Waals surface area contributed by atoms with E-state index in [0.29, 0.717) is 13.1 Å². The lowest BCUT2D eigenvalue weighted by molar-refractivity contribution is -0.138. The van der Waals surface area contributed by atoms with Gasteiger partial charge in [-0.3, -0.25) is 14.9 Å². The fourth-order valence-electron chi connectivity index (χ4n) is 3.67. The second kappa shape index (κ2) is 7.34. The molecule has 0 bridgehead atoms. The first-order valence-corrected chi connectivity index (χ1v) is 8.99. The third-order valence-corrected chi connectivity index (χ3v) is 4.96. The highest BCUT2D eigenvalue weighted by Crippen LogP contribution is 2.28. The molecule has 3 rings (SSSR count). The molecule has 2 aliphatic heterocycles. The Morgan fingerprint density at radius 2 is 2.21 bits per heavy atom. The van der Waals surface area contributed by atoms with Gasteiger partial charge in [0.25, 0.3) is 0 Å². The van der Waals surface area contributed by atoms with Crippen LogP contribution < -0.4 is 10.2 Å². The minimum Gasteiger partial charge on any atom is -0.321 e. The third-order valence-electron chi connectivity index (χ3n) is 4.96. The van der Waals surface area contributed by atoms with E-state index >= 15 is 0 Å².